The topological polar surface area (TPSA) is 83.2 Å². The Hall–Kier alpha value is -3.59. The number of allylic oxidation sites excluding steroid dienone is 1. The Morgan fingerprint density at radius 2 is 1.73 bits per heavy atom. The fourth-order valence-electron chi connectivity index (χ4n) is 3.22. The molecule has 8 heteroatoms. The molecule has 0 saturated heterocycles. The van der Waals surface area contributed by atoms with E-state index in [0.717, 1.165) is 3.97 Å². The van der Waals surface area contributed by atoms with Gasteiger partial charge in [-0.1, -0.05) is 49.8 Å². The highest BCUT2D eigenvalue weighted by Gasteiger charge is 2.28. The Kier molecular flexibility index (Phi) is 6.64. The lowest BCUT2D eigenvalue weighted by Crippen LogP contribution is -2.20. The highest BCUT2D eigenvalue weighted by Crippen LogP contribution is 2.29. The highest BCUT2D eigenvalue weighted by molar-refractivity contribution is 7.90. The Bertz CT molecular complexity index is 1460. The Morgan fingerprint density at radius 3 is 2.30 bits per heavy atom. The summed E-state index contributed by atoms with van der Waals surface area (Å²) in [5.41, 5.74) is 4.00. The van der Waals surface area contributed by atoms with Gasteiger partial charge in [-0.2, -0.15) is 5.26 Å². The monoisotopic (exact) mass is 475 g/mol. The van der Waals surface area contributed by atoms with Crippen molar-refractivity contribution in [3.63, 3.8) is 0 Å². The van der Waals surface area contributed by atoms with Crippen molar-refractivity contribution < 1.29 is 13.2 Å². The number of hydrogen-bond acceptors (Lipinski definition) is 5. The van der Waals surface area contributed by atoms with Gasteiger partial charge in [-0.15, -0.1) is 5.54 Å². The van der Waals surface area contributed by atoms with E-state index in [2.05, 4.69) is 31.1 Å². The number of aromatic nitrogens is 1. The largest absolute Gasteiger partial charge is 0.382 e. The number of fused-ring (bicyclic) bond motifs is 1. The maximum absolute atomic E-state index is 13.7. The van der Waals surface area contributed by atoms with Crippen LogP contribution in [0.3, 0.4) is 0 Å². The summed E-state index contributed by atoms with van der Waals surface area (Å²) in [6.45, 7) is 6.35. The molecule has 0 unspecified atom stereocenters. The van der Waals surface area contributed by atoms with Gasteiger partial charge in [0.2, 0.25) is 5.78 Å². The minimum Gasteiger partial charge on any atom is -0.382 e. The summed E-state index contributed by atoms with van der Waals surface area (Å²) in [5.74, 6) is 2.50. The molecule has 0 saturated carbocycles. The van der Waals surface area contributed by atoms with E-state index < -0.39 is 23.9 Å². The lowest BCUT2D eigenvalue weighted by atomic mass is 10.1. The fraction of sp³-hybridized carbons (Fsp3) is 0.200. The average Bonchev–Trinajstić information content (AvgIpc) is 3.16. The van der Waals surface area contributed by atoms with Crippen LogP contribution in [0.15, 0.2) is 71.3 Å². The van der Waals surface area contributed by atoms with E-state index >= 15 is 0 Å². The van der Waals surface area contributed by atoms with E-state index in [9.17, 15) is 18.5 Å². The number of hydrogen-bond donors (Lipinski definition) is 0. The Balaban J connectivity index is 2.40. The van der Waals surface area contributed by atoms with E-state index in [1.54, 1.807) is 49.3 Å². The lowest BCUT2D eigenvalue weighted by Gasteiger charge is -2.12. The maximum atomic E-state index is 13.7. The van der Waals surface area contributed by atoms with Gasteiger partial charge >= 0.3 is 0 Å². The summed E-state index contributed by atoms with van der Waals surface area (Å²) in [4.78, 5) is 15.0. The third kappa shape index (κ3) is 5.09. The number of benzene rings is 2. The third-order valence-electron chi connectivity index (χ3n) is 4.64. The smallest absolute Gasteiger partial charge is 0.268 e. The normalized spacial score (nSPS) is 12.1. The van der Waals surface area contributed by atoms with Crippen LogP contribution in [0.5, 0.6) is 0 Å². The van der Waals surface area contributed by atoms with Crippen molar-refractivity contribution in [3.05, 3.63) is 77.6 Å². The average molecular weight is 476 g/mol. The first-order valence-corrected chi connectivity index (χ1v) is 15.2. The van der Waals surface area contributed by atoms with Gasteiger partial charge in [-0.25, -0.2) is 12.4 Å². The second-order valence-electron chi connectivity index (χ2n) is 8.80. The van der Waals surface area contributed by atoms with Gasteiger partial charge in [0.1, 0.15) is 25.4 Å². The van der Waals surface area contributed by atoms with Gasteiger partial charge in [0, 0.05) is 31.2 Å². The summed E-state index contributed by atoms with van der Waals surface area (Å²) in [6.07, 6.45) is 1.38. The van der Waals surface area contributed by atoms with Crippen LogP contribution in [0.25, 0.3) is 10.9 Å². The van der Waals surface area contributed by atoms with Crippen molar-refractivity contribution in [2.45, 2.75) is 24.5 Å². The van der Waals surface area contributed by atoms with Crippen LogP contribution >= 0.6 is 0 Å². The fourth-order valence-corrected chi connectivity index (χ4v) is 5.25. The van der Waals surface area contributed by atoms with Gasteiger partial charge in [0.25, 0.3) is 10.0 Å². The zero-order valence-electron chi connectivity index (χ0n) is 19.2. The molecule has 3 rings (SSSR count). The summed E-state index contributed by atoms with van der Waals surface area (Å²) in [6, 6.07) is 16.5. The Morgan fingerprint density at radius 1 is 1.06 bits per heavy atom. The van der Waals surface area contributed by atoms with Gasteiger partial charge in [0.05, 0.1) is 10.4 Å². The third-order valence-corrected chi connectivity index (χ3v) is 7.26. The van der Waals surface area contributed by atoms with Crippen molar-refractivity contribution in [3.8, 4) is 17.5 Å². The van der Waals surface area contributed by atoms with E-state index in [-0.39, 0.29) is 16.2 Å². The van der Waals surface area contributed by atoms with Crippen molar-refractivity contribution >= 4 is 34.8 Å². The number of carbonyl (C=O) groups is 1. The van der Waals surface area contributed by atoms with Crippen LogP contribution in [0, 0.1) is 22.8 Å². The van der Waals surface area contributed by atoms with Crippen molar-refractivity contribution in [2.24, 2.45) is 0 Å². The summed E-state index contributed by atoms with van der Waals surface area (Å²) in [7, 11) is -2.45. The molecule has 168 valence electrons. The standard InChI is InChI=1S/C25H25N3O3SSi/c1-27(2)18-20(17-26)25(29)24-16-22-19(14-15-33(3,4)5)10-9-13-23(22)28(24)32(30,31)21-11-7-6-8-12-21/h6-13,16,18H,1-5H3/b20-18+. The molecule has 0 aliphatic carbocycles. The summed E-state index contributed by atoms with van der Waals surface area (Å²) < 4.78 is 28.4. The number of Topliss-reactive ketones (excluding diaryl/α,β-unsaturated/α-hetero) is 1. The van der Waals surface area contributed by atoms with Crippen molar-refractivity contribution in [1.82, 2.24) is 8.87 Å². The Labute approximate surface area is 195 Å². The molecule has 0 atom stereocenters. The van der Waals surface area contributed by atoms with Gasteiger partial charge in [-0.05, 0) is 30.3 Å². The van der Waals surface area contributed by atoms with Crippen molar-refractivity contribution in [1.29, 1.82) is 5.26 Å². The first kappa shape index (κ1) is 24.1. The van der Waals surface area contributed by atoms with Gasteiger partial charge in [-0.3, -0.25) is 4.79 Å². The van der Waals surface area contributed by atoms with Crippen LogP contribution in [-0.2, 0) is 10.0 Å². The van der Waals surface area contributed by atoms with Crippen LogP contribution in [-0.4, -0.2) is 45.2 Å². The van der Waals surface area contributed by atoms with E-state index in [4.69, 9.17) is 0 Å². The minimum absolute atomic E-state index is 0.0465. The minimum atomic E-state index is -4.12. The van der Waals surface area contributed by atoms with Crippen LogP contribution in [0.4, 0.5) is 0 Å². The first-order valence-electron chi connectivity index (χ1n) is 10.3. The molecule has 1 aromatic heterocycles. The molecule has 0 aliphatic rings. The predicted octanol–water partition coefficient (Wildman–Crippen LogP) is 4.26. The van der Waals surface area contributed by atoms with Gasteiger partial charge < -0.3 is 4.90 Å². The van der Waals surface area contributed by atoms with E-state index in [0.29, 0.717) is 16.5 Å². The zero-order chi connectivity index (χ0) is 24.4. The maximum Gasteiger partial charge on any atom is 0.268 e. The second-order valence-corrected chi connectivity index (χ2v) is 15.3. The summed E-state index contributed by atoms with van der Waals surface area (Å²) in [5, 5.41) is 10.1. The van der Waals surface area contributed by atoms with Crippen molar-refractivity contribution in [2.75, 3.05) is 14.1 Å². The quantitative estimate of drug-likeness (QED) is 0.181. The molecule has 1 heterocycles. The molecule has 0 radical (unpaired) electrons. The molecular weight excluding hydrogens is 450 g/mol. The molecule has 33 heavy (non-hydrogen) atoms. The molecule has 0 bridgehead atoms. The number of nitrogens with zero attached hydrogens (tertiary/aromatic N) is 3. The number of rotatable bonds is 5. The SMILES string of the molecule is CN(C)/C=C(\C#N)C(=O)c1cc2c(C#C[Si](C)(C)C)cccc2n1S(=O)(=O)c1ccccc1. The molecule has 3 aromatic rings. The molecular formula is C25H25N3O3SSi. The number of nitriles is 1. The second kappa shape index (κ2) is 9.11. The van der Waals surface area contributed by atoms with Crippen LogP contribution in [0.2, 0.25) is 19.6 Å². The molecule has 0 N–H and O–H groups in total. The summed E-state index contributed by atoms with van der Waals surface area (Å²) >= 11 is 0. The van der Waals surface area contributed by atoms with Crippen LogP contribution < -0.4 is 0 Å². The lowest BCUT2D eigenvalue weighted by molar-refractivity contribution is 0.103. The van der Waals surface area contributed by atoms with Crippen LogP contribution in [0.1, 0.15) is 16.1 Å². The van der Waals surface area contributed by atoms with Gasteiger partial charge in [0.15, 0.2) is 0 Å². The predicted molar refractivity (Wildman–Crippen MR) is 133 cm³/mol. The molecule has 2 aromatic carbocycles. The highest BCUT2D eigenvalue weighted by atomic mass is 32.2. The first-order chi connectivity index (χ1) is 15.5. The van der Waals surface area contributed by atoms with E-state index in [1.807, 2.05) is 12.1 Å². The molecule has 0 amide bonds. The molecule has 0 aliphatic heterocycles. The number of ketones is 1. The van der Waals surface area contributed by atoms with E-state index in [1.165, 1.54) is 24.4 Å². The molecule has 0 spiro atoms. The molecule has 0 fully saturated rings. The molecule has 6 nitrogen and oxygen atoms in total. The number of carbonyl (C=O) groups excluding carboxylic acids is 1. The zero-order valence-corrected chi connectivity index (χ0v) is 21.1.